The molecule has 1 aliphatic carbocycles. The van der Waals surface area contributed by atoms with E-state index in [4.69, 9.17) is 16.6 Å². The molecule has 0 N–H and O–H groups in total. The lowest BCUT2D eigenvalue weighted by Gasteiger charge is -2.35. The van der Waals surface area contributed by atoms with E-state index in [9.17, 15) is 13.2 Å². The summed E-state index contributed by atoms with van der Waals surface area (Å²) >= 11 is 6.35. The molecule has 5 nitrogen and oxygen atoms in total. The smallest absolute Gasteiger partial charge is 0.211 e. The molecule has 0 spiro atoms. The molecule has 31 heavy (non-hydrogen) atoms. The van der Waals surface area contributed by atoms with Crippen molar-refractivity contribution in [2.24, 2.45) is 5.92 Å². The number of piperidine rings is 1. The predicted molar refractivity (Wildman–Crippen MR) is 124 cm³/mol. The van der Waals surface area contributed by atoms with Crippen LogP contribution in [-0.4, -0.2) is 42.8 Å². The van der Waals surface area contributed by atoms with Crippen molar-refractivity contribution in [2.75, 3.05) is 19.3 Å². The lowest BCUT2D eigenvalue weighted by atomic mass is 9.76. The molecular weight excluding hydrogens is 432 g/mol. The molecule has 1 fully saturated rings. The number of rotatable bonds is 5. The van der Waals surface area contributed by atoms with E-state index in [2.05, 4.69) is 18.2 Å². The summed E-state index contributed by atoms with van der Waals surface area (Å²) in [6.07, 6.45) is 7.93. The number of pyridine rings is 1. The number of hydrogen-bond donors (Lipinski definition) is 0. The van der Waals surface area contributed by atoms with Crippen LogP contribution in [0.25, 0.3) is 11.6 Å². The van der Waals surface area contributed by atoms with E-state index in [0.29, 0.717) is 31.0 Å². The van der Waals surface area contributed by atoms with E-state index in [0.717, 1.165) is 35.2 Å². The van der Waals surface area contributed by atoms with Crippen molar-refractivity contribution in [1.29, 1.82) is 0 Å². The van der Waals surface area contributed by atoms with Gasteiger partial charge in [-0.3, -0.25) is 4.98 Å². The molecule has 4 rings (SSSR count). The van der Waals surface area contributed by atoms with E-state index in [-0.39, 0.29) is 17.6 Å². The zero-order valence-corrected chi connectivity index (χ0v) is 19.4. The highest BCUT2D eigenvalue weighted by molar-refractivity contribution is 7.88. The summed E-state index contributed by atoms with van der Waals surface area (Å²) in [7, 11) is -3.18. The number of aromatic nitrogens is 1. The highest BCUT2D eigenvalue weighted by Crippen LogP contribution is 2.45. The molecule has 1 aromatic heterocycles. The van der Waals surface area contributed by atoms with Gasteiger partial charge in [-0.1, -0.05) is 29.8 Å². The molecule has 1 aliphatic heterocycles. The van der Waals surface area contributed by atoms with Crippen LogP contribution in [0.4, 0.5) is 0 Å². The second-order valence-corrected chi connectivity index (χ2v) is 11.0. The number of allylic oxidation sites excluding steroid dienone is 1. The third-order valence-corrected chi connectivity index (χ3v) is 7.92. The Kier molecular flexibility index (Phi) is 6.33. The van der Waals surface area contributed by atoms with E-state index >= 15 is 0 Å². The van der Waals surface area contributed by atoms with E-state index < -0.39 is 10.0 Å². The second kappa shape index (κ2) is 8.85. The molecule has 0 radical (unpaired) electrons. The van der Waals surface area contributed by atoms with Crippen LogP contribution in [0.15, 0.2) is 36.5 Å². The van der Waals surface area contributed by atoms with Gasteiger partial charge in [0.2, 0.25) is 10.0 Å². The fourth-order valence-electron chi connectivity index (χ4n) is 4.84. The molecule has 1 atom stereocenters. The summed E-state index contributed by atoms with van der Waals surface area (Å²) in [5, 5.41) is 0.672. The maximum Gasteiger partial charge on any atom is 0.211 e. The van der Waals surface area contributed by atoms with Crippen LogP contribution in [0.1, 0.15) is 60.9 Å². The van der Waals surface area contributed by atoms with Crippen LogP contribution in [-0.2, 0) is 14.8 Å². The van der Waals surface area contributed by atoms with Crippen molar-refractivity contribution >= 4 is 39.1 Å². The topological polar surface area (TPSA) is 67.3 Å². The van der Waals surface area contributed by atoms with Gasteiger partial charge in [-0.25, -0.2) is 12.7 Å². The molecule has 2 aliphatic rings. The number of benzene rings is 1. The molecule has 164 valence electrons. The SMILES string of the molecule is CC(=O)CCC1=Cc2cc(Cl)ccc2C(C2CCN(S(C)(=O)=O)CC2)c2ncccc21. The molecular formula is C24H27ClN2O3S. The molecule has 7 heteroatoms. The lowest BCUT2D eigenvalue weighted by Crippen LogP contribution is -2.39. The Balaban J connectivity index is 1.79. The first kappa shape index (κ1) is 22.2. The van der Waals surface area contributed by atoms with Gasteiger partial charge in [-0.15, -0.1) is 0 Å². The lowest BCUT2D eigenvalue weighted by molar-refractivity contribution is -0.116. The summed E-state index contributed by atoms with van der Waals surface area (Å²) in [6.45, 7) is 2.66. The third-order valence-electron chi connectivity index (χ3n) is 6.38. The highest BCUT2D eigenvalue weighted by Gasteiger charge is 2.35. The van der Waals surface area contributed by atoms with E-state index in [1.807, 2.05) is 24.4 Å². The Morgan fingerprint density at radius 1 is 1.23 bits per heavy atom. The Morgan fingerprint density at radius 3 is 2.65 bits per heavy atom. The van der Waals surface area contributed by atoms with E-state index in [1.165, 1.54) is 11.8 Å². The van der Waals surface area contributed by atoms with Crippen molar-refractivity contribution in [3.63, 3.8) is 0 Å². The minimum absolute atomic E-state index is 0.0521. The first-order valence-electron chi connectivity index (χ1n) is 10.6. The monoisotopic (exact) mass is 458 g/mol. The number of carbonyl (C=O) groups excluding carboxylic acids is 1. The molecule has 0 bridgehead atoms. The fourth-order valence-corrected chi connectivity index (χ4v) is 5.89. The maximum atomic E-state index is 12.0. The average molecular weight is 459 g/mol. The van der Waals surface area contributed by atoms with Gasteiger partial charge >= 0.3 is 0 Å². The largest absolute Gasteiger partial charge is 0.300 e. The third kappa shape index (κ3) is 4.76. The van der Waals surface area contributed by atoms with Gasteiger partial charge in [0.05, 0.1) is 11.9 Å². The number of Topliss-reactive ketones (excluding diaryl/α,β-unsaturated/α-hetero) is 1. The van der Waals surface area contributed by atoms with Crippen LogP contribution < -0.4 is 0 Å². The zero-order valence-electron chi connectivity index (χ0n) is 17.8. The van der Waals surface area contributed by atoms with Gasteiger partial charge < -0.3 is 4.79 Å². The molecule has 1 aromatic carbocycles. The van der Waals surface area contributed by atoms with Crippen molar-refractivity contribution < 1.29 is 13.2 Å². The van der Waals surface area contributed by atoms with Crippen LogP contribution in [0.3, 0.4) is 0 Å². The molecule has 2 heterocycles. The van der Waals surface area contributed by atoms with Crippen molar-refractivity contribution in [1.82, 2.24) is 9.29 Å². The van der Waals surface area contributed by atoms with Crippen molar-refractivity contribution in [3.05, 3.63) is 63.9 Å². The van der Waals surface area contributed by atoms with Gasteiger partial charge in [-0.05, 0) is 72.6 Å². The van der Waals surface area contributed by atoms with Crippen LogP contribution in [0, 0.1) is 5.92 Å². The second-order valence-electron chi connectivity index (χ2n) is 8.56. The van der Waals surface area contributed by atoms with Gasteiger partial charge in [0.25, 0.3) is 0 Å². The van der Waals surface area contributed by atoms with Gasteiger partial charge in [-0.2, -0.15) is 0 Å². The number of hydrogen-bond acceptors (Lipinski definition) is 4. The molecule has 1 unspecified atom stereocenters. The van der Waals surface area contributed by atoms with Crippen LogP contribution in [0.5, 0.6) is 0 Å². The molecule has 2 aromatic rings. The highest BCUT2D eigenvalue weighted by atomic mass is 35.5. The number of sulfonamides is 1. The van der Waals surface area contributed by atoms with Crippen LogP contribution in [0.2, 0.25) is 5.02 Å². The summed E-state index contributed by atoms with van der Waals surface area (Å²) in [5.41, 5.74) is 5.40. The van der Waals surface area contributed by atoms with Gasteiger partial charge in [0.15, 0.2) is 0 Å². The van der Waals surface area contributed by atoms with Gasteiger partial charge in [0.1, 0.15) is 5.78 Å². The molecule has 0 saturated carbocycles. The number of ketones is 1. The van der Waals surface area contributed by atoms with Crippen LogP contribution >= 0.6 is 11.6 Å². The summed E-state index contributed by atoms with van der Waals surface area (Å²) in [6, 6.07) is 9.99. The number of fused-ring (bicyclic) bond motifs is 2. The predicted octanol–water partition coefficient (Wildman–Crippen LogP) is 4.76. The summed E-state index contributed by atoms with van der Waals surface area (Å²) < 4.78 is 25.6. The average Bonchev–Trinajstić information content (AvgIpc) is 2.86. The van der Waals surface area contributed by atoms with Gasteiger partial charge in [0, 0.05) is 36.6 Å². The fraction of sp³-hybridized carbons (Fsp3) is 0.417. The Bertz CT molecular complexity index is 1140. The van der Waals surface area contributed by atoms with Crippen molar-refractivity contribution in [2.45, 2.75) is 38.5 Å². The normalized spacial score (nSPS) is 19.8. The number of nitrogens with zero attached hydrogens (tertiary/aromatic N) is 2. The molecule has 1 saturated heterocycles. The van der Waals surface area contributed by atoms with E-state index in [1.54, 1.807) is 11.2 Å². The Morgan fingerprint density at radius 2 is 1.97 bits per heavy atom. The zero-order chi connectivity index (χ0) is 22.2. The quantitative estimate of drug-likeness (QED) is 0.647. The number of halogens is 1. The molecule has 0 amide bonds. The van der Waals surface area contributed by atoms with Crippen molar-refractivity contribution in [3.8, 4) is 0 Å². The summed E-state index contributed by atoms with van der Waals surface area (Å²) in [5.74, 6) is 0.481. The first-order valence-corrected chi connectivity index (χ1v) is 12.9. The summed E-state index contributed by atoms with van der Waals surface area (Å²) in [4.78, 5) is 16.5. The first-order chi connectivity index (χ1) is 14.7. The Hall–Kier alpha value is -2.02. The maximum absolute atomic E-state index is 12.0. The Labute approximate surface area is 189 Å². The standard InChI is InChI=1S/C24H27ClN2O3S/c1-16(28)5-6-18-14-19-15-20(25)7-8-21(19)23(24-22(18)4-3-11-26-24)17-9-12-27(13-10-17)31(2,29)30/h3-4,7-8,11,14-15,17,23H,5-6,9-10,12-13H2,1-2H3. The number of carbonyl (C=O) groups is 1. The minimum Gasteiger partial charge on any atom is -0.300 e. The minimum atomic E-state index is -3.18.